The average molecular weight is 292 g/mol. The predicted molar refractivity (Wildman–Crippen MR) is 74.5 cm³/mol. The molecule has 0 aromatic carbocycles. The monoisotopic (exact) mass is 292 g/mol. The van der Waals surface area contributed by atoms with Crippen LogP contribution in [0.15, 0.2) is 10.7 Å². The Morgan fingerprint density at radius 3 is 2.90 bits per heavy atom. The first-order valence-corrected chi connectivity index (χ1v) is 7.27. The number of nitrogens with zero attached hydrogens (tertiary/aromatic N) is 5. The number of aromatic nitrogens is 5. The lowest BCUT2D eigenvalue weighted by Crippen LogP contribution is -2.43. The van der Waals surface area contributed by atoms with Crippen LogP contribution >= 0.6 is 0 Å². The van der Waals surface area contributed by atoms with Gasteiger partial charge in [0, 0.05) is 19.7 Å². The Morgan fingerprint density at radius 2 is 2.29 bits per heavy atom. The third kappa shape index (κ3) is 2.56. The maximum atomic E-state index is 5.75. The SMILES string of the molecule is CCOC(C)(CC)c1noc(-c2cn(C3CNC3)nn2)n1. The number of hydrogen-bond acceptors (Lipinski definition) is 7. The van der Waals surface area contributed by atoms with E-state index in [-0.39, 0.29) is 0 Å². The summed E-state index contributed by atoms with van der Waals surface area (Å²) in [7, 11) is 0. The molecule has 0 spiro atoms. The molecule has 1 aliphatic rings. The van der Waals surface area contributed by atoms with Crippen molar-refractivity contribution in [2.75, 3.05) is 19.7 Å². The minimum atomic E-state index is -0.537. The molecule has 1 fully saturated rings. The van der Waals surface area contributed by atoms with Crippen molar-refractivity contribution in [3.63, 3.8) is 0 Å². The fraction of sp³-hybridized carbons (Fsp3) is 0.692. The van der Waals surface area contributed by atoms with Crippen LogP contribution in [-0.4, -0.2) is 44.8 Å². The molecule has 3 heterocycles. The lowest BCUT2D eigenvalue weighted by atomic mass is 10.0. The molecular formula is C13H20N6O2. The maximum absolute atomic E-state index is 5.75. The summed E-state index contributed by atoms with van der Waals surface area (Å²) < 4.78 is 12.9. The van der Waals surface area contributed by atoms with Gasteiger partial charge in [0.25, 0.3) is 5.89 Å². The lowest BCUT2D eigenvalue weighted by Gasteiger charge is -2.26. The van der Waals surface area contributed by atoms with Gasteiger partial charge in [-0.1, -0.05) is 17.3 Å². The fourth-order valence-corrected chi connectivity index (χ4v) is 2.20. The Balaban J connectivity index is 1.82. The van der Waals surface area contributed by atoms with Crippen LogP contribution in [0.5, 0.6) is 0 Å². The summed E-state index contributed by atoms with van der Waals surface area (Å²) >= 11 is 0. The van der Waals surface area contributed by atoms with Crippen molar-refractivity contribution in [2.45, 2.75) is 38.8 Å². The standard InChI is InChI=1S/C13H20N6O2/c1-4-13(3,20-5-2)12-15-11(21-17-12)10-8-19(18-16-10)9-6-14-7-9/h8-9,14H,4-7H2,1-3H3. The van der Waals surface area contributed by atoms with E-state index in [9.17, 15) is 0 Å². The number of nitrogens with one attached hydrogen (secondary N) is 1. The van der Waals surface area contributed by atoms with Gasteiger partial charge in [-0.15, -0.1) is 5.10 Å². The zero-order valence-corrected chi connectivity index (χ0v) is 12.5. The molecule has 8 heteroatoms. The first-order chi connectivity index (χ1) is 10.2. The third-order valence-corrected chi connectivity index (χ3v) is 3.90. The molecule has 8 nitrogen and oxygen atoms in total. The topological polar surface area (TPSA) is 90.9 Å². The minimum absolute atomic E-state index is 0.359. The number of hydrogen-bond donors (Lipinski definition) is 1. The van der Waals surface area contributed by atoms with Gasteiger partial charge in [-0.25, -0.2) is 4.68 Å². The van der Waals surface area contributed by atoms with Crippen LogP contribution in [0.2, 0.25) is 0 Å². The Hall–Kier alpha value is -1.80. The second-order valence-electron chi connectivity index (χ2n) is 5.34. The van der Waals surface area contributed by atoms with E-state index in [0.717, 1.165) is 19.5 Å². The van der Waals surface area contributed by atoms with Crippen molar-refractivity contribution < 1.29 is 9.26 Å². The van der Waals surface area contributed by atoms with Crippen molar-refractivity contribution >= 4 is 0 Å². The van der Waals surface area contributed by atoms with E-state index in [0.29, 0.717) is 30.1 Å². The summed E-state index contributed by atoms with van der Waals surface area (Å²) in [6, 6.07) is 0.359. The zero-order chi connectivity index (χ0) is 14.9. The molecule has 1 aliphatic heterocycles. The van der Waals surface area contributed by atoms with Gasteiger partial charge in [0.1, 0.15) is 5.60 Å². The van der Waals surface area contributed by atoms with Crippen LogP contribution < -0.4 is 5.32 Å². The van der Waals surface area contributed by atoms with Crippen LogP contribution in [0.1, 0.15) is 39.1 Å². The summed E-state index contributed by atoms with van der Waals surface area (Å²) in [5.41, 5.74) is 0.0558. The van der Waals surface area contributed by atoms with E-state index in [2.05, 4.69) is 25.8 Å². The van der Waals surface area contributed by atoms with Gasteiger partial charge < -0.3 is 14.6 Å². The van der Waals surface area contributed by atoms with Gasteiger partial charge in [-0.3, -0.25) is 0 Å². The number of ether oxygens (including phenoxy) is 1. The molecule has 0 saturated carbocycles. The quantitative estimate of drug-likeness (QED) is 0.853. The van der Waals surface area contributed by atoms with Crippen molar-refractivity contribution in [3.8, 4) is 11.6 Å². The zero-order valence-electron chi connectivity index (χ0n) is 12.5. The minimum Gasteiger partial charge on any atom is -0.367 e. The molecular weight excluding hydrogens is 272 g/mol. The van der Waals surface area contributed by atoms with Gasteiger partial charge in [-0.2, -0.15) is 4.98 Å². The molecule has 1 atom stereocenters. The van der Waals surface area contributed by atoms with Gasteiger partial charge in [0.2, 0.25) is 5.82 Å². The van der Waals surface area contributed by atoms with E-state index in [1.54, 1.807) is 0 Å². The van der Waals surface area contributed by atoms with Crippen LogP contribution in [-0.2, 0) is 10.3 Å². The molecule has 21 heavy (non-hydrogen) atoms. The van der Waals surface area contributed by atoms with E-state index in [1.165, 1.54) is 0 Å². The molecule has 3 rings (SSSR count). The van der Waals surface area contributed by atoms with Crippen LogP contribution in [0.25, 0.3) is 11.6 Å². The van der Waals surface area contributed by atoms with Crippen molar-refractivity contribution in [2.24, 2.45) is 0 Å². The van der Waals surface area contributed by atoms with E-state index < -0.39 is 5.60 Å². The molecule has 0 radical (unpaired) electrons. The molecule has 0 amide bonds. The Morgan fingerprint density at radius 1 is 1.48 bits per heavy atom. The third-order valence-electron chi connectivity index (χ3n) is 3.90. The first-order valence-electron chi connectivity index (χ1n) is 7.27. The van der Waals surface area contributed by atoms with E-state index in [1.807, 2.05) is 31.6 Å². The summed E-state index contributed by atoms with van der Waals surface area (Å²) in [6.07, 6.45) is 2.60. The normalized spacial score (nSPS) is 18.4. The Labute approximate surface area is 122 Å². The molecule has 2 aromatic heterocycles. The highest BCUT2D eigenvalue weighted by Gasteiger charge is 2.31. The molecule has 2 aromatic rings. The van der Waals surface area contributed by atoms with E-state index in [4.69, 9.17) is 9.26 Å². The fourth-order valence-electron chi connectivity index (χ4n) is 2.20. The second kappa shape index (κ2) is 5.53. The first kappa shape index (κ1) is 14.2. The Bertz CT molecular complexity index is 605. The molecule has 1 unspecified atom stereocenters. The largest absolute Gasteiger partial charge is 0.367 e. The highest BCUT2D eigenvalue weighted by molar-refractivity contribution is 5.43. The van der Waals surface area contributed by atoms with Crippen molar-refractivity contribution in [1.82, 2.24) is 30.5 Å². The molecule has 1 N–H and O–H groups in total. The molecule has 1 saturated heterocycles. The predicted octanol–water partition coefficient (Wildman–Crippen LogP) is 1.13. The highest BCUT2D eigenvalue weighted by atomic mass is 16.5. The summed E-state index contributed by atoms with van der Waals surface area (Å²) in [5, 5.41) is 15.5. The maximum Gasteiger partial charge on any atom is 0.280 e. The summed E-state index contributed by atoms with van der Waals surface area (Å²) in [4.78, 5) is 4.42. The summed E-state index contributed by atoms with van der Waals surface area (Å²) in [6.45, 7) is 8.37. The van der Waals surface area contributed by atoms with Gasteiger partial charge in [0.15, 0.2) is 5.69 Å². The number of rotatable bonds is 6. The van der Waals surface area contributed by atoms with Gasteiger partial charge in [-0.05, 0) is 20.3 Å². The van der Waals surface area contributed by atoms with Gasteiger partial charge >= 0.3 is 0 Å². The average Bonchev–Trinajstić information content (AvgIpc) is 3.05. The molecule has 0 bridgehead atoms. The molecule has 0 aliphatic carbocycles. The molecule has 114 valence electrons. The summed E-state index contributed by atoms with van der Waals surface area (Å²) in [5.74, 6) is 0.921. The van der Waals surface area contributed by atoms with Crippen molar-refractivity contribution in [3.05, 3.63) is 12.0 Å². The second-order valence-corrected chi connectivity index (χ2v) is 5.34. The van der Waals surface area contributed by atoms with Gasteiger partial charge in [0.05, 0.1) is 12.2 Å². The van der Waals surface area contributed by atoms with Crippen LogP contribution in [0.3, 0.4) is 0 Å². The van der Waals surface area contributed by atoms with E-state index >= 15 is 0 Å². The van der Waals surface area contributed by atoms with Crippen molar-refractivity contribution in [1.29, 1.82) is 0 Å². The lowest BCUT2D eigenvalue weighted by molar-refractivity contribution is -0.0403. The van der Waals surface area contributed by atoms with Crippen LogP contribution in [0, 0.1) is 0 Å². The Kier molecular flexibility index (Phi) is 3.73. The van der Waals surface area contributed by atoms with Crippen LogP contribution in [0.4, 0.5) is 0 Å². The smallest absolute Gasteiger partial charge is 0.280 e. The highest BCUT2D eigenvalue weighted by Crippen LogP contribution is 2.28.